The van der Waals surface area contributed by atoms with Gasteiger partial charge in [-0.1, -0.05) is 5.92 Å². The number of rotatable bonds is 5. The van der Waals surface area contributed by atoms with Crippen molar-refractivity contribution in [2.75, 3.05) is 32.2 Å². The number of sulfone groups is 1. The second-order valence-electron chi connectivity index (χ2n) is 5.92. The molecule has 1 aromatic heterocycles. The van der Waals surface area contributed by atoms with E-state index in [2.05, 4.69) is 11.2 Å². The van der Waals surface area contributed by atoms with Crippen molar-refractivity contribution in [1.82, 2.24) is 10.2 Å². The van der Waals surface area contributed by atoms with E-state index in [1.165, 1.54) is 30.4 Å². The number of carbonyl (C=O) groups is 2. The Labute approximate surface area is 151 Å². The van der Waals surface area contributed by atoms with Crippen molar-refractivity contribution in [2.45, 2.75) is 13.0 Å². The minimum atomic E-state index is -3.42. The van der Waals surface area contributed by atoms with Crippen LogP contribution in [0.2, 0.25) is 0 Å². The highest BCUT2D eigenvalue weighted by molar-refractivity contribution is 7.91. The fourth-order valence-electron chi connectivity index (χ4n) is 2.77. The van der Waals surface area contributed by atoms with Crippen LogP contribution in [0, 0.1) is 25.2 Å². The second-order valence-corrected chi connectivity index (χ2v) is 9.33. The number of thiophene rings is 1. The quantitative estimate of drug-likeness (QED) is 0.737. The molecule has 2 heterocycles. The lowest BCUT2D eigenvalue weighted by Gasteiger charge is -2.23. The first-order valence-corrected chi connectivity index (χ1v) is 10.2. The van der Waals surface area contributed by atoms with E-state index in [1.807, 2.05) is 6.92 Å². The Hall–Kier alpha value is -2.05. The van der Waals surface area contributed by atoms with Crippen molar-refractivity contribution in [3.05, 3.63) is 15.8 Å². The number of methoxy groups -OCH3 is 1. The molecule has 7 nitrogen and oxygen atoms in total. The standard InChI is InChI=1S/C16H20N2O5S2/c1-5-6-18(3)16(20)11-8-25(21,22)9-12(11)17-15(19)14-13(23-4)7-10(2)24-14/h1,7,11-12H,6,8-9H2,2-4H3,(H,17,19)/t11-,12-/m1/s1. The summed E-state index contributed by atoms with van der Waals surface area (Å²) < 4.78 is 29.2. The number of carbonyl (C=O) groups excluding carboxylic acids is 2. The van der Waals surface area contributed by atoms with Gasteiger partial charge in [0.1, 0.15) is 10.6 Å². The molecule has 0 radical (unpaired) electrons. The third-order valence-corrected chi connectivity index (χ3v) is 6.70. The Balaban J connectivity index is 2.21. The zero-order chi connectivity index (χ0) is 18.8. The summed E-state index contributed by atoms with van der Waals surface area (Å²) in [6, 6.07) is 0.936. The van der Waals surface area contributed by atoms with Crippen molar-refractivity contribution < 1.29 is 22.7 Å². The molecule has 0 aliphatic carbocycles. The zero-order valence-corrected chi connectivity index (χ0v) is 15.9. The van der Waals surface area contributed by atoms with E-state index in [0.29, 0.717) is 10.6 Å². The summed E-state index contributed by atoms with van der Waals surface area (Å²) in [5.74, 6) is 0.511. The molecule has 136 valence electrons. The first-order valence-electron chi connectivity index (χ1n) is 7.52. The van der Waals surface area contributed by atoms with Gasteiger partial charge in [0.25, 0.3) is 5.91 Å². The van der Waals surface area contributed by atoms with Gasteiger partial charge in [-0.3, -0.25) is 9.59 Å². The van der Waals surface area contributed by atoms with Crippen LogP contribution in [0.1, 0.15) is 14.5 Å². The summed E-state index contributed by atoms with van der Waals surface area (Å²) in [5.41, 5.74) is 0. The van der Waals surface area contributed by atoms with Crippen LogP contribution in [-0.2, 0) is 14.6 Å². The Bertz CT molecular complexity index is 822. The number of amides is 2. The number of ether oxygens (including phenoxy) is 1. The van der Waals surface area contributed by atoms with Gasteiger partial charge in [0.05, 0.1) is 37.1 Å². The van der Waals surface area contributed by atoms with E-state index < -0.39 is 33.6 Å². The maximum Gasteiger partial charge on any atom is 0.265 e. The lowest BCUT2D eigenvalue weighted by molar-refractivity contribution is -0.133. The summed E-state index contributed by atoms with van der Waals surface area (Å²) in [6.07, 6.45) is 5.20. The molecule has 2 atom stereocenters. The van der Waals surface area contributed by atoms with Gasteiger partial charge in [0.15, 0.2) is 9.84 Å². The highest BCUT2D eigenvalue weighted by Gasteiger charge is 2.44. The van der Waals surface area contributed by atoms with Crippen molar-refractivity contribution >= 4 is 33.0 Å². The van der Waals surface area contributed by atoms with Crippen molar-refractivity contribution in [2.24, 2.45) is 5.92 Å². The molecule has 1 saturated heterocycles. The molecule has 0 aromatic carbocycles. The Morgan fingerprint density at radius 1 is 1.48 bits per heavy atom. The van der Waals surface area contributed by atoms with E-state index in [4.69, 9.17) is 11.2 Å². The van der Waals surface area contributed by atoms with Crippen LogP contribution in [0.25, 0.3) is 0 Å². The highest BCUT2D eigenvalue weighted by atomic mass is 32.2. The molecule has 2 rings (SSSR count). The van der Waals surface area contributed by atoms with Gasteiger partial charge in [0.2, 0.25) is 5.91 Å². The zero-order valence-electron chi connectivity index (χ0n) is 14.2. The third kappa shape index (κ3) is 4.32. The van der Waals surface area contributed by atoms with Gasteiger partial charge in [0, 0.05) is 11.9 Å². The van der Waals surface area contributed by atoms with Crippen LogP contribution in [0.3, 0.4) is 0 Å². The SMILES string of the molecule is C#CCN(C)C(=O)[C@@H]1CS(=O)(=O)C[C@H]1NC(=O)c1sc(C)cc1OC. The number of hydrogen-bond acceptors (Lipinski definition) is 6. The minimum Gasteiger partial charge on any atom is -0.495 e. The molecule has 2 amide bonds. The minimum absolute atomic E-state index is 0.0774. The molecule has 0 saturated carbocycles. The lowest BCUT2D eigenvalue weighted by atomic mass is 10.0. The monoisotopic (exact) mass is 384 g/mol. The fraction of sp³-hybridized carbons (Fsp3) is 0.500. The topological polar surface area (TPSA) is 92.8 Å². The van der Waals surface area contributed by atoms with E-state index in [9.17, 15) is 18.0 Å². The molecule has 1 aromatic rings. The molecule has 0 spiro atoms. The van der Waals surface area contributed by atoms with Crippen LogP contribution in [-0.4, -0.2) is 63.4 Å². The average Bonchev–Trinajstić information content (AvgIpc) is 3.06. The molecule has 1 aliphatic rings. The predicted molar refractivity (Wildman–Crippen MR) is 95.5 cm³/mol. The maximum atomic E-state index is 12.5. The van der Waals surface area contributed by atoms with E-state index >= 15 is 0 Å². The van der Waals surface area contributed by atoms with E-state index in [1.54, 1.807) is 6.07 Å². The summed E-state index contributed by atoms with van der Waals surface area (Å²) >= 11 is 1.25. The number of aryl methyl sites for hydroxylation is 1. The van der Waals surface area contributed by atoms with Crippen LogP contribution in [0.15, 0.2) is 6.07 Å². The molecule has 1 fully saturated rings. The van der Waals surface area contributed by atoms with Gasteiger partial charge in [-0.2, -0.15) is 0 Å². The average molecular weight is 384 g/mol. The van der Waals surface area contributed by atoms with Crippen LogP contribution in [0.4, 0.5) is 0 Å². The fourth-order valence-corrected chi connectivity index (χ4v) is 5.57. The lowest BCUT2D eigenvalue weighted by Crippen LogP contribution is -2.46. The van der Waals surface area contributed by atoms with Crippen molar-refractivity contribution in [1.29, 1.82) is 0 Å². The molecule has 9 heteroatoms. The number of nitrogens with zero attached hydrogens (tertiary/aromatic N) is 1. The largest absolute Gasteiger partial charge is 0.495 e. The number of hydrogen-bond donors (Lipinski definition) is 1. The van der Waals surface area contributed by atoms with E-state index in [0.717, 1.165) is 4.88 Å². The maximum absolute atomic E-state index is 12.5. The van der Waals surface area contributed by atoms with Gasteiger partial charge in [-0.25, -0.2) is 8.42 Å². The Kier molecular flexibility index (Phi) is 5.75. The summed E-state index contributed by atoms with van der Waals surface area (Å²) in [6.45, 7) is 1.92. The summed E-state index contributed by atoms with van der Waals surface area (Å²) in [4.78, 5) is 27.5. The third-order valence-electron chi connectivity index (χ3n) is 3.94. The highest BCUT2D eigenvalue weighted by Crippen LogP contribution is 2.29. The van der Waals surface area contributed by atoms with Gasteiger partial charge in [-0.15, -0.1) is 17.8 Å². The Morgan fingerprint density at radius 3 is 2.76 bits per heavy atom. The van der Waals surface area contributed by atoms with Crippen LogP contribution < -0.4 is 10.1 Å². The predicted octanol–water partition coefficient (Wildman–Crippen LogP) is 0.300. The number of nitrogens with one attached hydrogen (secondary N) is 1. The van der Waals surface area contributed by atoms with Gasteiger partial charge in [-0.05, 0) is 13.0 Å². The summed E-state index contributed by atoms with van der Waals surface area (Å²) in [5, 5.41) is 2.68. The van der Waals surface area contributed by atoms with E-state index in [-0.39, 0.29) is 18.1 Å². The molecule has 25 heavy (non-hydrogen) atoms. The molecule has 1 N–H and O–H groups in total. The van der Waals surface area contributed by atoms with Crippen LogP contribution in [0.5, 0.6) is 5.75 Å². The molecule has 1 aliphatic heterocycles. The second kappa shape index (κ2) is 7.45. The smallest absolute Gasteiger partial charge is 0.265 e. The normalized spacial score (nSPS) is 21.4. The van der Waals surface area contributed by atoms with Gasteiger partial charge >= 0.3 is 0 Å². The van der Waals surface area contributed by atoms with Crippen molar-refractivity contribution in [3.63, 3.8) is 0 Å². The van der Waals surface area contributed by atoms with Crippen molar-refractivity contribution in [3.8, 4) is 18.1 Å². The molecular weight excluding hydrogens is 364 g/mol. The molecule has 0 bridgehead atoms. The molecular formula is C16H20N2O5S2. The first-order chi connectivity index (χ1) is 11.7. The first kappa shape index (κ1) is 19.3. The number of terminal acetylenes is 1. The van der Waals surface area contributed by atoms with Crippen LogP contribution >= 0.6 is 11.3 Å². The van der Waals surface area contributed by atoms with Gasteiger partial charge < -0.3 is 15.0 Å². The summed E-state index contributed by atoms with van der Waals surface area (Å²) in [7, 11) is -0.449. The molecule has 0 unspecified atom stereocenters. The Morgan fingerprint density at radius 2 is 2.16 bits per heavy atom.